The zero-order chi connectivity index (χ0) is 20.0. The topological polar surface area (TPSA) is 121 Å². The first-order valence-corrected chi connectivity index (χ1v) is 9.03. The Morgan fingerprint density at radius 1 is 1.30 bits per heavy atom. The van der Waals surface area contributed by atoms with Crippen LogP contribution in [0.3, 0.4) is 0 Å². The standard InChI is InChI=1S/C20H24O7/c1-12(15(21)22)4-3-8-18(2)14-7-10-19(17(25)27-18)9-5-13(16(23)24)6-11-20(14,19)26/h3-5,8,14,26H,6-7,9-11H2,1-2H3,(H,21,22)(H,23,24)/b8-3+,12-4+/t14?,18-,19-,20+/m1/s1. The number of hydrogen-bond acceptors (Lipinski definition) is 5. The number of carboxylic acids is 2. The number of rotatable bonds is 4. The summed E-state index contributed by atoms with van der Waals surface area (Å²) in [6.07, 6.45) is 7.63. The normalized spacial score (nSPS) is 38.8. The van der Waals surface area contributed by atoms with Gasteiger partial charge in [0, 0.05) is 17.1 Å². The highest BCUT2D eigenvalue weighted by molar-refractivity contribution is 5.88. The zero-order valence-electron chi connectivity index (χ0n) is 15.4. The van der Waals surface area contributed by atoms with Gasteiger partial charge in [-0.3, -0.25) is 4.79 Å². The highest BCUT2D eigenvalue weighted by atomic mass is 16.6. The van der Waals surface area contributed by atoms with Gasteiger partial charge in [0.1, 0.15) is 11.0 Å². The van der Waals surface area contributed by atoms with Crippen LogP contribution >= 0.6 is 0 Å². The quantitative estimate of drug-likeness (QED) is 0.391. The third-order valence-corrected chi connectivity index (χ3v) is 6.52. The Bertz CT molecular complexity index is 792. The van der Waals surface area contributed by atoms with E-state index in [1.165, 1.54) is 19.1 Å². The van der Waals surface area contributed by atoms with Crippen molar-refractivity contribution in [3.8, 4) is 0 Å². The SMILES string of the molecule is C/C(=C\C=C\[C@@]1(C)OC(=O)[C@]23CC=C(C(=O)O)CC[C@]2(O)C1CC3)C(=O)O. The monoisotopic (exact) mass is 376 g/mol. The van der Waals surface area contributed by atoms with E-state index < -0.39 is 34.5 Å². The molecule has 0 aromatic heterocycles. The lowest BCUT2D eigenvalue weighted by Crippen LogP contribution is -2.63. The lowest BCUT2D eigenvalue weighted by atomic mass is 9.62. The lowest BCUT2D eigenvalue weighted by Gasteiger charge is -2.52. The van der Waals surface area contributed by atoms with Gasteiger partial charge in [0.25, 0.3) is 0 Å². The van der Waals surface area contributed by atoms with Crippen molar-refractivity contribution in [3.05, 3.63) is 35.5 Å². The smallest absolute Gasteiger partial charge is 0.331 e. The van der Waals surface area contributed by atoms with Crippen LogP contribution in [0.4, 0.5) is 0 Å². The van der Waals surface area contributed by atoms with Crippen LogP contribution in [0.2, 0.25) is 0 Å². The predicted octanol–water partition coefficient (Wildman–Crippen LogP) is 2.21. The van der Waals surface area contributed by atoms with Crippen molar-refractivity contribution in [3.63, 3.8) is 0 Å². The van der Waals surface area contributed by atoms with Gasteiger partial charge in [-0.15, -0.1) is 0 Å². The van der Waals surface area contributed by atoms with E-state index in [1.807, 2.05) is 0 Å². The van der Waals surface area contributed by atoms with E-state index in [0.717, 1.165) is 0 Å². The average molecular weight is 376 g/mol. The molecule has 0 spiro atoms. The molecule has 3 N–H and O–H groups in total. The molecular formula is C20H24O7. The predicted molar refractivity (Wildman–Crippen MR) is 94.7 cm³/mol. The highest BCUT2D eigenvalue weighted by Crippen LogP contribution is 2.63. The number of ether oxygens (including phenoxy) is 1. The Labute approximate surface area is 157 Å². The Kier molecular flexibility index (Phi) is 4.54. The van der Waals surface area contributed by atoms with Gasteiger partial charge >= 0.3 is 17.9 Å². The molecule has 2 aliphatic carbocycles. The van der Waals surface area contributed by atoms with E-state index >= 15 is 0 Å². The Balaban J connectivity index is 1.97. The molecule has 1 saturated carbocycles. The minimum Gasteiger partial charge on any atom is -0.478 e. The fourth-order valence-electron chi connectivity index (χ4n) is 4.89. The highest BCUT2D eigenvalue weighted by Gasteiger charge is 2.71. The van der Waals surface area contributed by atoms with Crippen molar-refractivity contribution < 1.29 is 34.4 Å². The van der Waals surface area contributed by atoms with Gasteiger partial charge in [0.2, 0.25) is 0 Å². The zero-order valence-corrected chi connectivity index (χ0v) is 15.4. The molecule has 0 radical (unpaired) electrons. The Morgan fingerprint density at radius 2 is 2.00 bits per heavy atom. The second-order valence-corrected chi connectivity index (χ2v) is 7.92. The molecule has 1 aliphatic heterocycles. The van der Waals surface area contributed by atoms with E-state index in [-0.39, 0.29) is 36.3 Å². The number of cyclic esters (lactones) is 1. The molecule has 1 saturated heterocycles. The summed E-state index contributed by atoms with van der Waals surface area (Å²) in [7, 11) is 0. The van der Waals surface area contributed by atoms with Crippen molar-refractivity contribution in [1.29, 1.82) is 0 Å². The molecule has 4 atom stereocenters. The third kappa shape index (κ3) is 2.81. The molecule has 2 fully saturated rings. The van der Waals surface area contributed by atoms with Gasteiger partial charge in [-0.1, -0.05) is 18.2 Å². The molecule has 1 heterocycles. The maximum atomic E-state index is 13.0. The lowest BCUT2D eigenvalue weighted by molar-refractivity contribution is -0.224. The number of allylic oxidation sites excluding steroid dienone is 3. The maximum Gasteiger partial charge on any atom is 0.331 e. The third-order valence-electron chi connectivity index (χ3n) is 6.52. The fraction of sp³-hybridized carbons (Fsp3) is 0.550. The van der Waals surface area contributed by atoms with Gasteiger partial charge in [0.05, 0.1) is 5.60 Å². The van der Waals surface area contributed by atoms with Gasteiger partial charge in [0.15, 0.2) is 0 Å². The number of aliphatic carboxylic acids is 2. The Hall–Kier alpha value is -2.41. The van der Waals surface area contributed by atoms with Crippen LogP contribution in [0.25, 0.3) is 0 Å². The molecule has 0 amide bonds. The van der Waals surface area contributed by atoms with Gasteiger partial charge in [-0.25, -0.2) is 9.59 Å². The number of carbonyl (C=O) groups is 3. The van der Waals surface area contributed by atoms with Crippen LogP contribution in [-0.4, -0.2) is 44.4 Å². The minimum atomic E-state index is -1.36. The largest absolute Gasteiger partial charge is 0.478 e. The van der Waals surface area contributed by atoms with Crippen LogP contribution in [0, 0.1) is 11.3 Å². The van der Waals surface area contributed by atoms with Crippen molar-refractivity contribution in [2.45, 2.75) is 57.2 Å². The van der Waals surface area contributed by atoms with E-state index in [1.54, 1.807) is 19.1 Å². The van der Waals surface area contributed by atoms with Crippen LogP contribution < -0.4 is 0 Å². The molecule has 7 nitrogen and oxygen atoms in total. The molecule has 7 heteroatoms. The minimum absolute atomic E-state index is 0.140. The summed E-state index contributed by atoms with van der Waals surface area (Å²) in [6.45, 7) is 3.17. The molecule has 27 heavy (non-hydrogen) atoms. The second-order valence-electron chi connectivity index (χ2n) is 7.92. The van der Waals surface area contributed by atoms with Gasteiger partial charge < -0.3 is 20.1 Å². The fourth-order valence-corrected chi connectivity index (χ4v) is 4.89. The molecule has 0 aromatic rings. The summed E-state index contributed by atoms with van der Waals surface area (Å²) in [4.78, 5) is 35.2. The van der Waals surface area contributed by atoms with Gasteiger partial charge in [-0.05, 0) is 52.0 Å². The maximum absolute atomic E-state index is 13.0. The first-order chi connectivity index (χ1) is 12.6. The van der Waals surface area contributed by atoms with Crippen LogP contribution in [0.1, 0.15) is 46.0 Å². The number of aliphatic hydroxyl groups is 1. The van der Waals surface area contributed by atoms with Crippen molar-refractivity contribution in [1.82, 2.24) is 0 Å². The molecule has 3 aliphatic rings. The molecule has 2 bridgehead atoms. The van der Waals surface area contributed by atoms with Gasteiger partial charge in [-0.2, -0.15) is 0 Å². The van der Waals surface area contributed by atoms with E-state index in [2.05, 4.69) is 0 Å². The first kappa shape index (κ1) is 19.4. The second kappa shape index (κ2) is 6.34. The first-order valence-electron chi connectivity index (χ1n) is 9.03. The summed E-state index contributed by atoms with van der Waals surface area (Å²) in [5.41, 5.74) is -3.21. The van der Waals surface area contributed by atoms with E-state index in [4.69, 9.17) is 9.84 Å². The summed E-state index contributed by atoms with van der Waals surface area (Å²) >= 11 is 0. The summed E-state index contributed by atoms with van der Waals surface area (Å²) < 4.78 is 5.74. The van der Waals surface area contributed by atoms with Crippen LogP contribution in [0.15, 0.2) is 35.5 Å². The number of carbonyl (C=O) groups excluding carboxylic acids is 1. The summed E-state index contributed by atoms with van der Waals surface area (Å²) in [5.74, 6) is -2.98. The van der Waals surface area contributed by atoms with Crippen molar-refractivity contribution in [2.75, 3.05) is 0 Å². The molecule has 1 unspecified atom stereocenters. The van der Waals surface area contributed by atoms with Crippen molar-refractivity contribution in [2.24, 2.45) is 11.3 Å². The van der Waals surface area contributed by atoms with E-state index in [9.17, 15) is 24.6 Å². The van der Waals surface area contributed by atoms with E-state index in [0.29, 0.717) is 12.8 Å². The molecule has 3 rings (SSSR count). The summed E-state index contributed by atoms with van der Waals surface area (Å²) in [6, 6.07) is 0. The summed E-state index contributed by atoms with van der Waals surface area (Å²) in [5, 5.41) is 29.8. The average Bonchev–Trinajstić information content (AvgIpc) is 2.70. The van der Waals surface area contributed by atoms with Crippen LogP contribution in [-0.2, 0) is 19.1 Å². The number of hydrogen-bond donors (Lipinski definition) is 3. The number of carboxylic acid groups (broad SMARTS) is 2. The molecule has 146 valence electrons. The molecule has 0 aromatic carbocycles. The van der Waals surface area contributed by atoms with Crippen LogP contribution in [0.5, 0.6) is 0 Å². The molecular weight excluding hydrogens is 352 g/mol. The Morgan fingerprint density at radius 3 is 2.63 bits per heavy atom. The van der Waals surface area contributed by atoms with Crippen molar-refractivity contribution >= 4 is 17.9 Å². The number of esters is 1.